The summed E-state index contributed by atoms with van der Waals surface area (Å²) in [5.41, 5.74) is 2.51. The molecule has 0 bridgehead atoms. The summed E-state index contributed by atoms with van der Waals surface area (Å²) in [7, 11) is 0. The van der Waals surface area contributed by atoms with Crippen LogP contribution in [0.25, 0.3) is 11.1 Å². The molecule has 4 rings (SSSR count). The highest BCUT2D eigenvalue weighted by molar-refractivity contribution is 5.97. The van der Waals surface area contributed by atoms with E-state index in [2.05, 4.69) is 9.97 Å². The number of carbonyl (C=O) groups excluding carboxylic acids is 2. The molecule has 1 fully saturated rings. The van der Waals surface area contributed by atoms with E-state index >= 15 is 0 Å². The lowest BCUT2D eigenvalue weighted by atomic mass is 10.1. The molecule has 3 aromatic rings. The molecule has 2 aromatic heterocycles. The lowest BCUT2D eigenvalue weighted by Gasteiger charge is -2.34. The van der Waals surface area contributed by atoms with Crippen LogP contribution < -0.4 is 0 Å². The molecule has 0 aliphatic carbocycles. The third-order valence-electron chi connectivity index (χ3n) is 4.42. The maximum Gasteiger partial charge on any atom is 0.270 e. The van der Waals surface area contributed by atoms with E-state index in [1.54, 1.807) is 53.3 Å². The number of rotatable bonds is 2. The zero-order chi connectivity index (χ0) is 17.4. The minimum absolute atomic E-state index is 0.0318. The minimum atomic E-state index is -0.0528. The van der Waals surface area contributed by atoms with Gasteiger partial charge in [-0.25, -0.2) is 4.98 Å². The molecule has 0 atom stereocenters. The summed E-state index contributed by atoms with van der Waals surface area (Å²) in [6.45, 7) is 3.85. The zero-order valence-corrected chi connectivity index (χ0v) is 13.9. The molecule has 7 heteroatoms. The highest BCUT2D eigenvalue weighted by Gasteiger charge is 2.26. The van der Waals surface area contributed by atoms with Crippen LogP contribution >= 0.6 is 0 Å². The third kappa shape index (κ3) is 2.88. The Balaban J connectivity index is 1.44. The number of nitrogens with one attached hydrogen (secondary N) is 1. The SMILES string of the molecule is Cc1nc2ccc(C(=O)N3CCN(C(=O)c4ccc[nH]4)CC3)cc2o1. The summed E-state index contributed by atoms with van der Waals surface area (Å²) in [5.74, 6) is 0.495. The van der Waals surface area contributed by atoms with E-state index in [9.17, 15) is 9.59 Å². The fourth-order valence-electron chi connectivity index (χ4n) is 3.10. The molecule has 0 radical (unpaired) electrons. The van der Waals surface area contributed by atoms with Gasteiger partial charge >= 0.3 is 0 Å². The molecule has 128 valence electrons. The number of amides is 2. The van der Waals surface area contributed by atoms with Crippen LogP contribution in [-0.4, -0.2) is 57.8 Å². The number of aryl methyl sites for hydroxylation is 1. The number of carbonyl (C=O) groups is 2. The van der Waals surface area contributed by atoms with Gasteiger partial charge in [-0.15, -0.1) is 0 Å². The molecule has 1 aliphatic heterocycles. The summed E-state index contributed by atoms with van der Waals surface area (Å²) in [5, 5.41) is 0. The molecule has 0 unspecified atom stereocenters. The van der Waals surface area contributed by atoms with Gasteiger partial charge in [0.2, 0.25) is 0 Å². The van der Waals surface area contributed by atoms with Crippen LogP contribution in [-0.2, 0) is 0 Å². The Morgan fingerprint density at radius 3 is 2.48 bits per heavy atom. The lowest BCUT2D eigenvalue weighted by Crippen LogP contribution is -2.50. The van der Waals surface area contributed by atoms with Crippen LogP contribution in [0.5, 0.6) is 0 Å². The summed E-state index contributed by atoms with van der Waals surface area (Å²) in [6, 6.07) is 8.85. The van der Waals surface area contributed by atoms with Gasteiger partial charge in [0.25, 0.3) is 11.8 Å². The van der Waals surface area contributed by atoms with Crippen molar-refractivity contribution in [3.05, 3.63) is 53.7 Å². The van der Waals surface area contributed by atoms with E-state index < -0.39 is 0 Å². The Bertz CT molecular complexity index is 921. The number of piperazine rings is 1. The monoisotopic (exact) mass is 338 g/mol. The van der Waals surface area contributed by atoms with Crippen molar-refractivity contribution in [2.75, 3.05) is 26.2 Å². The summed E-state index contributed by atoms with van der Waals surface area (Å²) >= 11 is 0. The second kappa shape index (κ2) is 6.08. The molecule has 1 saturated heterocycles. The van der Waals surface area contributed by atoms with Gasteiger partial charge in [0.05, 0.1) is 0 Å². The molecule has 2 amide bonds. The van der Waals surface area contributed by atoms with Gasteiger partial charge in [-0.05, 0) is 30.3 Å². The average Bonchev–Trinajstić information content (AvgIpc) is 3.28. The van der Waals surface area contributed by atoms with E-state index in [1.807, 2.05) is 0 Å². The van der Waals surface area contributed by atoms with E-state index in [0.29, 0.717) is 48.9 Å². The predicted octanol–water partition coefficient (Wildman–Crippen LogP) is 2.06. The topological polar surface area (TPSA) is 82.4 Å². The third-order valence-corrected chi connectivity index (χ3v) is 4.42. The molecule has 1 N–H and O–H groups in total. The first-order valence-corrected chi connectivity index (χ1v) is 8.21. The van der Waals surface area contributed by atoms with Crippen LogP contribution in [0.1, 0.15) is 26.7 Å². The number of H-pyrrole nitrogens is 1. The molecule has 1 aromatic carbocycles. The predicted molar refractivity (Wildman–Crippen MR) is 91.3 cm³/mol. The molecular formula is C18H18N4O3. The van der Waals surface area contributed by atoms with Crippen LogP contribution in [0.3, 0.4) is 0 Å². The smallest absolute Gasteiger partial charge is 0.270 e. The van der Waals surface area contributed by atoms with Gasteiger partial charge in [-0.2, -0.15) is 0 Å². The van der Waals surface area contributed by atoms with Crippen LogP contribution in [0, 0.1) is 6.92 Å². The Morgan fingerprint density at radius 2 is 1.80 bits per heavy atom. The number of hydrogen-bond acceptors (Lipinski definition) is 4. The second-order valence-corrected chi connectivity index (χ2v) is 6.08. The second-order valence-electron chi connectivity index (χ2n) is 6.08. The van der Waals surface area contributed by atoms with Crippen molar-refractivity contribution in [1.29, 1.82) is 0 Å². The molecule has 1 aliphatic rings. The lowest BCUT2D eigenvalue weighted by molar-refractivity contribution is 0.0533. The fourth-order valence-corrected chi connectivity index (χ4v) is 3.10. The molecule has 3 heterocycles. The van der Waals surface area contributed by atoms with E-state index in [-0.39, 0.29) is 11.8 Å². The quantitative estimate of drug-likeness (QED) is 0.775. The van der Waals surface area contributed by atoms with Gasteiger partial charge in [0.1, 0.15) is 11.2 Å². The number of benzene rings is 1. The van der Waals surface area contributed by atoms with Crippen molar-refractivity contribution in [3.8, 4) is 0 Å². The van der Waals surface area contributed by atoms with Crippen LogP contribution in [0.2, 0.25) is 0 Å². The van der Waals surface area contributed by atoms with Crippen LogP contribution in [0.4, 0.5) is 0 Å². The first kappa shape index (κ1) is 15.4. The Morgan fingerprint density at radius 1 is 1.08 bits per heavy atom. The molecular weight excluding hydrogens is 320 g/mol. The van der Waals surface area contributed by atoms with Crippen molar-refractivity contribution in [2.24, 2.45) is 0 Å². The van der Waals surface area contributed by atoms with Crippen molar-refractivity contribution >= 4 is 22.9 Å². The highest BCUT2D eigenvalue weighted by atomic mass is 16.3. The maximum absolute atomic E-state index is 12.7. The highest BCUT2D eigenvalue weighted by Crippen LogP contribution is 2.19. The Hall–Kier alpha value is -3.09. The van der Waals surface area contributed by atoms with Crippen molar-refractivity contribution in [1.82, 2.24) is 19.8 Å². The van der Waals surface area contributed by atoms with Crippen molar-refractivity contribution < 1.29 is 14.0 Å². The number of nitrogens with zero attached hydrogens (tertiary/aromatic N) is 3. The maximum atomic E-state index is 12.7. The number of fused-ring (bicyclic) bond motifs is 1. The first-order chi connectivity index (χ1) is 12.1. The van der Waals surface area contributed by atoms with Crippen molar-refractivity contribution in [3.63, 3.8) is 0 Å². The number of aromatic nitrogens is 2. The normalized spacial score (nSPS) is 14.9. The zero-order valence-electron chi connectivity index (χ0n) is 13.9. The van der Waals surface area contributed by atoms with E-state index in [0.717, 1.165) is 5.52 Å². The van der Waals surface area contributed by atoms with Gasteiger partial charge in [0.15, 0.2) is 11.5 Å². The summed E-state index contributed by atoms with van der Waals surface area (Å²) < 4.78 is 5.50. The number of aromatic amines is 1. The minimum Gasteiger partial charge on any atom is -0.441 e. The number of hydrogen-bond donors (Lipinski definition) is 1. The molecule has 0 spiro atoms. The average molecular weight is 338 g/mol. The van der Waals surface area contributed by atoms with Gasteiger partial charge in [-0.3, -0.25) is 9.59 Å². The molecule has 25 heavy (non-hydrogen) atoms. The van der Waals surface area contributed by atoms with Gasteiger partial charge in [0, 0.05) is 44.9 Å². The van der Waals surface area contributed by atoms with Gasteiger partial charge < -0.3 is 19.2 Å². The molecule has 0 saturated carbocycles. The van der Waals surface area contributed by atoms with Crippen molar-refractivity contribution in [2.45, 2.75) is 6.92 Å². The van der Waals surface area contributed by atoms with E-state index in [4.69, 9.17) is 4.42 Å². The number of oxazole rings is 1. The first-order valence-electron chi connectivity index (χ1n) is 8.21. The Labute approximate surface area is 144 Å². The largest absolute Gasteiger partial charge is 0.441 e. The van der Waals surface area contributed by atoms with Gasteiger partial charge in [-0.1, -0.05) is 0 Å². The molecule has 7 nitrogen and oxygen atoms in total. The summed E-state index contributed by atoms with van der Waals surface area (Å²) in [6.07, 6.45) is 1.73. The fraction of sp³-hybridized carbons (Fsp3) is 0.278. The van der Waals surface area contributed by atoms with E-state index in [1.165, 1.54) is 0 Å². The standard InChI is InChI=1S/C18H18N4O3/c1-12-20-14-5-4-13(11-16(14)25-12)17(23)21-7-9-22(10-8-21)18(24)15-3-2-6-19-15/h2-6,11,19H,7-10H2,1H3. The van der Waals surface area contributed by atoms with Crippen LogP contribution in [0.15, 0.2) is 40.9 Å². The summed E-state index contributed by atoms with van der Waals surface area (Å²) in [4.78, 5) is 35.7. The Kier molecular flexibility index (Phi) is 3.76.